The predicted molar refractivity (Wildman–Crippen MR) is 112 cm³/mol. The van der Waals surface area contributed by atoms with E-state index in [4.69, 9.17) is 9.41 Å². The monoisotopic (exact) mass is 390 g/mol. The van der Waals surface area contributed by atoms with Crippen molar-refractivity contribution in [3.63, 3.8) is 0 Å². The van der Waals surface area contributed by atoms with Gasteiger partial charge in [0.2, 0.25) is 5.96 Å². The molecule has 0 bridgehead atoms. The first-order chi connectivity index (χ1) is 14.1. The zero-order valence-electron chi connectivity index (χ0n) is 16.2. The number of amidine groups is 1. The summed E-state index contributed by atoms with van der Waals surface area (Å²) in [5.74, 6) is 1.00. The zero-order valence-corrected chi connectivity index (χ0v) is 16.2. The molecule has 0 unspecified atom stereocenters. The molecular weight excluding hydrogens is 368 g/mol. The quantitative estimate of drug-likeness (QED) is 0.731. The summed E-state index contributed by atoms with van der Waals surface area (Å²) in [5.41, 5.74) is 2.40. The van der Waals surface area contributed by atoms with Crippen LogP contribution in [0.5, 0.6) is 0 Å². The number of rotatable bonds is 2. The SMILES string of the molecule is CC1=C(C(=O)NC2=NCC=C2)C2(CCCC2)N=C(Nc2nc3ccccc3o2)N1. The average Bonchev–Trinajstić information content (AvgIpc) is 3.42. The molecule has 148 valence electrons. The molecule has 29 heavy (non-hydrogen) atoms. The molecule has 3 heterocycles. The second-order valence-corrected chi connectivity index (χ2v) is 7.52. The fourth-order valence-corrected chi connectivity index (χ4v) is 4.30. The van der Waals surface area contributed by atoms with Crippen LogP contribution in [0.15, 0.2) is 62.1 Å². The van der Waals surface area contributed by atoms with E-state index in [2.05, 4.69) is 25.9 Å². The summed E-state index contributed by atoms with van der Waals surface area (Å²) in [6, 6.07) is 7.96. The van der Waals surface area contributed by atoms with Crippen LogP contribution in [-0.2, 0) is 4.79 Å². The number of nitrogens with one attached hydrogen (secondary N) is 3. The number of aromatic nitrogens is 1. The third kappa shape index (κ3) is 3.20. The predicted octanol–water partition coefficient (Wildman–Crippen LogP) is 2.87. The second-order valence-electron chi connectivity index (χ2n) is 7.52. The Morgan fingerprint density at radius 3 is 2.83 bits per heavy atom. The lowest BCUT2D eigenvalue weighted by Gasteiger charge is -2.34. The van der Waals surface area contributed by atoms with E-state index >= 15 is 0 Å². The Balaban J connectivity index is 1.43. The van der Waals surface area contributed by atoms with Crippen molar-refractivity contribution in [2.45, 2.75) is 38.1 Å². The van der Waals surface area contributed by atoms with Crippen LogP contribution in [0, 0.1) is 0 Å². The molecule has 1 fully saturated rings. The van der Waals surface area contributed by atoms with Crippen LogP contribution in [0.2, 0.25) is 0 Å². The Labute approximate surface area is 167 Å². The molecule has 0 radical (unpaired) electrons. The molecule has 0 saturated heterocycles. The first kappa shape index (κ1) is 17.7. The van der Waals surface area contributed by atoms with Crippen molar-refractivity contribution < 1.29 is 9.21 Å². The molecule has 2 aliphatic heterocycles. The van der Waals surface area contributed by atoms with Crippen molar-refractivity contribution in [3.05, 3.63) is 47.7 Å². The summed E-state index contributed by atoms with van der Waals surface area (Å²) >= 11 is 0. The molecule has 1 aromatic heterocycles. The van der Waals surface area contributed by atoms with Crippen LogP contribution in [0.4, 0.5) is 6.01 Å². The zero-order chi connectivity index (χ0) is 19.8. The van der Waals surface area contributed by atoms with Gasteiger partial charge in [-0.25, -0.2) is 4.99 Å². The first-order valence-corrected chi connectivity index (χ1v) is 9.86. The van der Waals surface area contributed by atoms with Gasteiger partial charge in [0.1, 0.15) is 11.4 Å². The number of benzene rings is 1. The number of amides is 1. The standard InChI is InChI=1S/C21H22N6O2/c1-13-17(18(28)25-16-9-6-12-22-16)21(10-4-5-11-21)27-19(23-13)26-20-24-14-7-2-3-8-15(14)29-20/h2-3,6-9H,4-5,10-12H2,1H3,(H,22,25,28)(H2,23,24,26,27). The minimum absolute atomic E-state index is 0.146. The lowest BCUT2D eigenvalue weighted by atomic mass is 9.85. The van der Waals surface area contributed by atoms with E-state index in [1.807, 2.05) is 43.3 Å². The van der Waals surface area contributed by atoms with Crippen molar-refractivity contribution in [2.75, 3.05) is 11.9 Å². The third-order valence-corrected chi connectivity index (χ3v) is 5.53. The van der Waals surface area contributed by atoms with Crippen LogP contribution in [0.3, 0.4) is 0 Å². The van der Waals surface area contributed by atoms with Crippen molar-refractivity contribution in [2.24, 2.45) is 9.98 Å². The van der Waals surface area contributed by atoms with Gasteiger partial charge in [-0.05, 0) is 38.0 Å². The van der Waals surface area contributed by atoms with Crippen LogP contribution >= 0.6 is 0 Å². The maximum absolute atomic E-state index is 13.1. The highest BCUT2D eigenvalue weighted by Crippen LogP contribution is 2.42. The van der Waals surface area contributed by atoms with Crippen molar-refractivity contribution in [3.8, 4) is 0 Å². The summed E-state index contributed by atoms with van der Waals surface area (Å²) in [6.45, 7) is 2.51. The van der Waals surface area contributed by atoms with E-state index in [-0.39, 0.29) is 5.91 Å². The van der Waals surface area contributed by atoms with Gasteiger partial charge in [0.15, 0.2) is 5.58 Å². The number of allylic oxidation sites excluding steroid dienone is 1. The number of para-hydroxylation sites is 2. The molecule has 0 atom stereocenters. The van der Waals surface area contributed by atoms with Crippen molar-refractivity contribution in [1.29, 1.82) is 0 Å². The fourth-order valence-electron chi connectivity index (χ4n) is 4.30. The van der Waals surface area contributed by atoms with Crippen LogP contribution in [0.1, 0.15) is 32.6 Å². The lowest BCUT2D eigenvalue weighted by Crippen LogP contribution is -2.47. The third-order valence-electron chi connectivity index (χ3n) is 5.53. The Bertz CT molecular complexity index is 1070. The number of anilines is 1. The van der Waals surface area contributed by atoms with Crippen molar-refractivity contribution >= 4 is 34.8 Å². The van der Waals surface area contributed by atoms with Gasteiger partial charge >= 0.3 is 6.01 Å². The molecule has 1 saturated carbocycles. The highest BCUT2D eigenvalue weighted by atomic mass is 16.4. The number of oxazole rings is 1. The number of nitrogens with zero attached hydrogens (tertiary/aromatic N) is 3. The number of carbonyl (C=O) groups excluding carboxylic acids is 1. The molecule has 8 heteroatoms. The number of carbonyl (C=O) groups is 1. The van der Waals surface area contributed by atoms with Gasteiger partial charge in [-0.1, -0.05) is 31.1 Å². The fraction of sp³-hybridized carbons (Fsp3) is 0.333. The van der Waals surface area contributed by atoms with Crippen LogP contribution < -0.4 is 16.0 Å². The highest BCUT2D eigenvalue weighted by Gasteiger charge is 2.44. The summed E-state index contributed by atoms with van der Waals surface area (Å²) in [4.78, 5) is 26.7. The number of hydrogen-bond acceptors (Lipinski definition) is 7. The number of aliphatic imine (C=N–C) groups is 2. The summed E-state index contributed by atoms with van der Waals surface area (Å²) < 4.78 is 5.76. The number of hydrogen-bond donors (Lipinski definition) is 3. The molecule has 2 aromatic rings. The van der Waals surface area contributed by atoms with Gasteiger partial charge in [-0.15, -0.1) is 0 Å². The Morgan fingerprint density at radius 2 is 2.07 bits per heavy atom. The van der Waals surface area contributed by atoms with E-state index in [0.29, 0.717) is 35.5 Å². The molecule has 1 aromatic carbocycles. The van der Waals surface area contributed by atoms with E-state index in [0.717, 1.165) is 36.9 Å². The van der Waals surface area contributed by atoms with E-state index in [1.165, 1.54) is 0 Å². The topological polar surface area (TPSA) is 104 Å². The van der Waals surface area contributed by atoms with Crippen LogP contribution in [0.25, 0.3) is 11.1 Å². The molecule has 1 amide bonds. The highest BCUT2D eigenvalue weighted by molar-refractivity contribution is 6.12. The lowest BCUT2D eigenvalue weighted by molar-refractivity contribution is -0.116. The number of fused-ring (bicyclic) bond motifs is 1. The molecule has 3 N–H and O–H groups in total. The van der Waals surface area contributed by atoms with Gasteiger partial charge in [-0.3, -0.25) is 15.1 Å². The Kier molecular flexibility index (Phi) is 4.19. The van der Waals surface area contributed by atoms with Crippen molar-refractivity contribution in [1.82, 2.24) is 15.6 Å². The molecule has 1 spiro atoms. The first-order valence-electron chi connectivity index (χ1n) is 9.86. The molecule has 5 rings (SSSR count). The van der Waals surface area contributed by atoms with Crippen LogP contribution in [-0.4, -0.2) is 34.8 Å². The summed E-state index contributed by atoms with van der Waals surface area (Å²) in [7, 11) is 0. The van der Waals surface area contributed by atoms with Gasteiger partial charge in [-0.2, -0.15) is 4.98 Å². The van der Waals surface area contributed by atoms with E-state index < -0.39 is 5.54 Å². The van der Waals surface area contributed by atoms with Gasteiger partial charge in [0, 0.05) is 5.70 Å². The van der Waals surface area contributed by atoms with E-state index in [1.54, 1.807) is 0 Å². The Morgan fingerprint density at radius 1 is 1.24 bits per heavy atom. The Hall–Kier alpha value is -3.42. The largest absolute Gasteiger partial charge is 0.423 e. The van der Waals surface area contributed by atoms with Gasteiger partial charge < -0.3 is 15.1 Å². The molecule has 3 aliphatic rings. The average molecular weight is 390 g/mol. The maximum Gasteiger partial charge on any atom is 0.302 e. The van der Waals surface area contributed by atoms with E-state index in [9.17, 15) is 4.79 Å². The van der Waals surface area contributed by atoms with Gasteiger partial charge in [0.05, 0.1) is 17.7 Å². The second kappa shape index (κ2) is 6.88. The minimum Gasteiger partial charge on any atom is -0.423 e. The minimum atomic E-state index is -0.545. The molecule has 1 aliphatic carbocycles. The van der Waals surface area contributed by atoms with Gasteiger partial charge in [0.25, 0.3) is 5.91 Å². The summed E-state index contributed by atoms with van der Waals surface area (Å²) in [5, 5.41) is 9.28. The summed E-state index contributed by atoms with van der Waals surface area (Å²) in [6.07, 6.45) is 7.47. The number of guanidine groups is 1. The maximum atomic E-state index is 13.1. The smallest absolute Gasteiger partial charge is 0.302 e. The normalized spacial score (nSPS) is 20.0. The molecular formula is C21H22N6O2. The molecule has 8 nitrogen and oxygen atoms in total.